The van der Waals surface area contributed by atoms with Crippen LogP contribution in [0.2, 0.25) is 0 Å². The zero-order valence-corrected chi connectivity index (χ0v) is 6.80. The molecule has 0 atom stereocenters. The van der Waals surface area contributed by atoms with E-state index in [4.69, 9.17) is 11.1 Å². The summed E-state index contributed by atoms with van der Waals surface area (Å²) in [6, 6.07) is 0. The molecule has 0 spiro atoms. The highest BCUT2D eigenvalue weighted by Gasteiger charge is 1.98. The van der Waals surface area contributed by atoms with Gasteiger partial charge in [0.1, 0.15) is 6.61 Å². The normalized spacial score (nSPS) is 8.67. The molecule has 0 rings (SSSR count). The zero-order chi connectivity index (χ0) is 9.40. The van der Waals surface area contributed by atoms with Gasteiger partial charge in [-0.15, -0.1) is 0 Å². The van der Waals surface area contributed by atoms with Crippen molar-refractivity contribution >= 4 is 11.9 Å². The Morgan fingerprint density at radius 2 is 2.42 bits per heavy atom. The first-order chi connectivity index (χ1) is 5.66. The van der Waals surface area contributed by atoms with Crippen LogP contribution in [0, 0.1) is 5.41 Å². The van der Waals surface area contributed by atoms with Crippen molar-refractivity contribution in [2.24, 2.45) is 5.73 Å². The molecule has 0 radical (unpaired) electrons. The van der Waals surface area contributed by atoms with Gasteiger partial charge in [-0.3, -0.25) is 5.41 Å². The van der Waals surface area contributed by atoms with Crippen LogP contribution in [0.4, 0.5) is 4.79 Å². The van der Waals surface area contributed by atoms with E-state index >= 15 is 0 Å². The van der Waals surface area contributed by atoms with E-state index in [0.717, 1.165) is 0 Å². The summed E-state index contributed by atoms with van der Waals surface area (Å²) in [6.07, 6.45) is 1.30. The van der Waals surface area contributed by atoms with Crippen molar-refractivity contribution in [3.05, 3.63) is 12.7 Å². The molecule has 12 heavy (non-hydrogen) atoms. The molecule has 0 aromatic carbocycles. The lowest BCUT2D eigenvalue weighted by atomic mass is 10.4. The Morgan fingerprint density at radius 1 is 1.75 bits per heavy atom. The number of amides is 1. The maximum Gasteiger partial charge on any atom is 0.407 e. The van der Waals surface area contributed by atoms with Crippen molar-refractivity contribution in [1.29, 1.82) is 5.41 Å². The molecule has 1 amide bonds. The molecular formula is C7H13N3O2. The predicted octanol–water partition coefficient (Wildman–Crippen LogP) is 0.225. The Morgan fingerprint density at radius 3 is 2.92 bits per heavy atom. The average Bonchev–Trinajstić information content (AvgIpc) is 2.00. The van der Waals surface area contributed by atoms with Gasteiger partial charge in [0.2, 0.25) is 0 Å². The fraction of sp³-hybridized carbons (Fsp3) is 0.429. The van der Waals surface area contributed by atoms with Crippen molar-refractivity contribution in [3.63, 3.8) is 0 Å². The smallest absolute Gasteiger partial charge is 0.407 e. The molecule has 0 saturated carbocycles. The quantitative estimate of drug-likeness (QED) is 0.314. The molecule has 5 heteroatoms. The molecule has 0 bridgehead atoms. The molecule has 0 aromatic rings. The number of carbonyl (C=O) groups is 1. The second-order valence-corrected chi connectivity index (χ2v) is 2.09. The lowest BCUT2D eigenvalue weighted by Gasteiger charge is -2.03. The SMILES string of the molecule is C=CCOC(=O)NCCC(=N)N. The molecule has 4 N–H and O–H groups in total. The molecule has 0 heterocycles. The summed E-state index contributed by atoms with van der Waals surface area (Å²) in [5.41, 5.74) is 5.05. The van der Waals surface area contributed by atoms with Gasteiger partial charge in [-0.2, -0.15) is 0 Å². The molecule has 0 fully saturated rings. The number of ether oxygens (including phenoxy) is 1. The van der Waals surface area contributed by atoms with Gasteiger partial charge in [0.05, 0.1) is 5.84 Å². The van der Waals surface area contributed by atoms with E-state index < -0.39 is 6.09 Å². The van der Waals surface area contributed by atoms with Crippen molar-refractivity contribution < 1.29 is 9.53 Å². The van der Waals surface area contributed by atoms with E-state index in [9.17, 15) is 4.79 Å². The lowest BCUT2D eigenvalue weighted by molar-refractivity contribution is 0.158. The minimum atomic E-state index is -0.517. The van der Waals surface area contributed by atoms with Crippen molar-refractivity contribution in [3.8, 4) is 0 Å². The lowest BCUT2D eigenvalue weighted by Crippen LogP contribution is -2.28. The number of nitrogens with two attached hydrogens (primary N) is 1. The number of hydrogen-bond donors (Lipinski definition) is 3. The van der Waals surface area contributed by atoms with Gasteiger partial charge in [0, 0.05) is 13.0 Å². The number of hydrogen-bond acceptors (Lipinski definition) is 3. The Bertz CT molecular complexity index is 179. The van der Waals surface area contributed by atoms with Crippen molar-refractivity contribution in [1.82, 2.24) is 5.32 Å². The van der Waals surface area contributed by atoms with Crippen molar-refractivity contribution in [2.75, 3.05) is 13.2 Å². The van der Waals surface area contributed by atoms with Gasteiger partial charge in [0.15, 0.2) is 0 Å². The number of nitrogens with one attached hydrogen (secondary N) is 2. The number of carbonyl (C=O) groups excluding carboxylic acids is 1. The Hall–Kier alpha value is -1.52. The average molecular weight is 171 g/mol. The largest absolute Gasteiger partial charge is 0.445 e. The second kappa shape index (κ2) is 6.21. The highest BCUT2D eigenvalue weighted by Crippen LogP contribution is 1.79. The first-order valence-corrected chi connectivity index (χ1v) is 3.51. The van der Waals surface area contributed by atoms with E-state index in [-0.39, 0.29) is 12.4 Å². The van der Waals surface area contributed by atoms with E-state index in [1.54, 1.807) is 0 Å². The summed E-state index contributed by atoms with van der Waals surface area (Å²) >= 11 is 0. The fourth-order valence-electron chi connectivity index (χ4n) is 0.485. The van der Waals surface area contributed by atoms with Crippen LogP contribution in [0.15, 0.2) is 12.7 Å². The van der Waals surface area contributed by atoms with Crippen LogP contribution in [0.3, 0.4) is 0 Å². The first kappa shape index (κ1) is 10.5. The van der Waals surface area contributed by atoms with Gasteiger partial charge in [0.25, 0.3) is 0 Å². The molecule has 0 aliphatic rings. The summed E-state index contributed by atoms with van der Waals surface area (Å²) in [5.74, 6) is 0.0408. The molecule has 0 unspecified atom stereocenters. The minimum absolute atomic E-state index is 0.0408. The third-order valence-corrected chi connectivity index (χ3v) is 0.996. The molecule has 0 aliphatic carbocycles. The standard InChI is InChI=1S/C7H13N3O2/c1-2-5-12-7(11)10-4-3-6(8)9/h2H,1,3-5H2,(H3,8,9)(H,10,11). The molecule has 0 saturated heterocycles. The summed E-state index contributed by atoms with van der Waals surface area (Å²) < 4.78 is 4.59. The molecule has 0 aliphatic heterocycles. The van der Waals surface area contributed by atoms with Crippen LogP contribution in [0.25, 0.3) is 0 Å². The zero-order valence-electron chi connectivity index (χ0n) is 6.80. The van der Waals surface area contributed by atoms with E-state index in [1.807, 2.05) is 0 Å². The van der Waals surface area contributed by atoms with Crippen LogP contribution >= 0.6 is 0 Å². The molecular weight excluding hydrogens is 158 g/mol. The minimum Gasteiger partial charge on any atom is -0.445 e. The summed E-state index contributed by atoms with van der Waals surface area (Å²) in [5, 5.41) is 9.27. The number of rotatable bonds is 5. The van der Waals surface area contributed by atoms with Gasteiger partial charge < -0.3 is 15.8 Å². The van der Waals surface area contributed by atoms with E-state index in [0.29, 0.717) is 13.0 Å². The number of amidine groups is 1. The predicted molar refractivity (Wildman–Crippen MR) is 46.1 cm³/mol. The topological polar surface area (TPSA) is 88.2 Å². The Labute approximate surface area is 71.1 Å². The third-order valence-electron chi connectivity index (χ3n) is 0.996. The summed E-state index contributed by atoms with van der Waals surface area (Å²) in [7, 11) is 0. The summed E-state index contributed by atoms with van der Waals surface area (Å²) in [6.45, 7) is 3.89. The monoisotopic (exact) mass is 171 g/mol. The Balaban J connectivity index is 3.31. The van der Waals surface area contributed by atoms with Crippen LogP contribution in [0.1, 0.15) is 6.42 Å². The maximum atomic E-state index is 10.7. The fourth-order valence-corrected chi connectivity index (χ4v) is 0.485. The molecule has 0 aromatic heterocycles. The molecule has 68 valence electrons. The van der Waals surface area contributed by atoms with Crippen LogP contribution in [0.5, 0.6) is 0 Å². The molecule has 5 nitrogen and oxygen atoms in total. The van der Waals surface area contributed by atoms with Crippen molar-refractivity contribution in [2.45, 2.75) is 6.42 Å². The van der Waals surface area contributed by atoms with E-state index in [1.165, 1.54) is 6.08 Å². The van der Waals surface area contributed by atoms with Crippen LogP contribution in [-0.2, 0) is 4.74 Å². The van der Waals surface area contributed by atoms with Gasteiger partial charge >= 0.3 is 6.09 Å². The van der Waals surface area contributed by atoms with Crippen LogP contribution in [-0.4, -0.2) is 25.1 Å². The highest BCUT2D eigenvalue weighted by atomic mass is 16.5. The van der Waals surface area contributed by atoms with Crippen LogP contribution < -0.4 is 11.1 Å². The first-order valence-electron chi connectivity index (χ1n) is 3.51. The van der Waals surface area contributed by atoms with E-state index in [2.05, 4.69) is 16.6 Å². The number of alkyl carbamates (subject to hydrolysis) is 1. The van der Waals surface area contributed by atoms with Gasteiger partial charge in [-0.25, -0.2) is 4.79 Å². The summed E-state index contributed by atoms with van der Waals surface area (Å²) in [4.78, 5) is 10.7. The maximum absolute atomic E-state index is 10.7. The Kier molecular flexibility index (Phi) is 5.42. The second-order valence-electron chi connectivity index (χ2n) is 2.09. The third kappa shape index (κ3) is 6.60. The van der Waals surface area contributed by atoms with Gasteiger partial charge in [-0.1, -0.05) is 12.7 Å². The highest BCUT2D eigenvalue weighted by molar-refractivity contribution is 5.77. The van der Waals surface area contributed by atoms with Gasteiger partial charge in [-0.05, 0) is 0 Å².